The van der Waals surface area contributed by atoms with Gasteiger partial charge in [-0.15, -0.1) is 0 Å². The number of halogens is 1. The highest BCUT2D eigenvalue weighted by Crippen LogP contribution is 2.28. The van der Waals surface area contributed by atoms with Crippen LogP contribution >= 0.6 is 11.6 Å². The van der Waals surface area contributed by atoms with Crippen LogP contribution in [0.25, 0.3) is 0 Å². The predicted octanol–water partition coefficient (Wildman–Crippen LogP) is 3.29. The first kappa shape index (κ1) is 11.5. The minimum atomic E-state index is 0.111. The van der Waals surface area contributed by atoms with Crippen molar-refractivity contribution in [3.63, 3.8) is 0 Å². The van der Waals surface area contributed by atoms with Gasteiger partial charge in [-0.2, -0.15) is 0 Å². The Morgan fingerprint density at radius 1 is 1.29 bits per heavy atom. The summed E-state index contributed by atoms with van der Waals surface area (Å²) in [6.07, 6.45) is 1.71. The van der Waals surface area contributed by atoms with E-state index in [1.165, 1.54) is 0 Å². The number of rotatable bonds is 4. The monoisotopic (exact) mass is 212 g/mol. The van der Waals surface area contributed by atoms with Gasteiger partial charge in [0, 0.05) is 11.6 Å². The highest BCUT2D eigenvalue weighted by molar-refractivity contribution is 6.31. The summed E-state index contributed by atoms with van der Waals surface area (Å²) in [6, 6.07) is 7.88. The molecular formula is C12H17ClO. The van der Waals surface area contributed by atoms with E-state index in [4.69, 9.17) is 16.7 Å². The smallest absolute Gasteiger partial charge is 0.0438 e. The van der Waals surface area contributed by atoms with E-state index in [0.717, 1.165) is 23.4 Å². The fourth-order valence-electron chi connectivity index (χ4n) is 1.55. The van der Waals surface area contributed by atoms with E-state index in [0.29, 0.717) is 0 Å². The summed E-state index contributed by atoms with van der Waals surface area (Å²) >= 11 is 6.07. The molecule has 1 nitrogen and oxygen atoms in total. The topological polar surface area (TPSA) is 20.2 Å². The van der Waals surface area contributed by atoms with Crippen LogP contribution in [0, 0.1) is 5.41 Å². The Morgan fingerprint density at radius 2 is 1.93 bits per heavy atom. The van der Waals surface area contributed by atoms with Crippen molar-refractivity contribution in [2.45, 2.75) is 26.7 Å². The Morgan fingerprint density at radius 3 is 2.50 bits per heavy atom. The zero-order valence-electron chi connectivity index (χ0n) is 8.76. The maximum Gasteiger partial charge on any atom is 0.0438 e. The van der Waals surface area contributed by atoms with Crippen molar-refractivity contribution in [3.8, 4) is 0 Å². The molecule has 0 bridgehead atoms. The van der Waals surface area contributed by atoms with Crippen molar-refractivity contribution in [1.29, 1.82) is 0 Å². The molecule has 0 aliphatic rings. The van der Waals surface area contributed by atoms with Crippen LogP contribution in [0.15, 0.2) is 24.3 Å². The molecule has 1 aromatic rings. The molecule has 0 atom stereocenters. The average Bonchev–Trinajstić information content (AvgIpc) is 2.08. The third kappa shape index (κ3) is 3.32. The van der Waals surface area contributed by atoms with Gasteiger partial charge in [0.25, 0.3) is 0 Å². The molecular weight excluding hydrogens is 196 g/mol. The lowest BCUT2D eigenvalue weighted by molar-refractivity contribution is 0.211. The SMILES string of the molecule is CC(C)(CCO)Cc1ccccc1Cl. The summed E-state index contributed by atoms with van der Waals surface area (Å²) in [6.45, 7) is 4.52. The van der Waals surface area contributed by atoms with Gasteiger partial charge in [-0.1, -0.05) is 43.6 Å². The van der Waals surface area contributed by atoms with Crippen molar-refractivity contribution in [1.82, 2.24) is 0 Å². The number of hydrogen-bond acceptors (Lipinski definition) is 1. The predicted molar refractivity (Wildman–Crippen MR) is 60.6 cm³/mol. The second-order valence-electron chi connectivity index (χ2n) is 4.41. The van der Waals surface area contributed by atoms with Crippen molar-refractivity contribution in [2.24, 2.45) is 5.41 Å². The van der Waals surface area contributed by atoms with Crippen LogP contribution in [0.3, 0.4) is 0 Å². The fourth-order valence-corrected chi connectivity index (χ4v) is 1.75. The molecule has 0 aromatic heterocycles. The van der Waals surface area contributed by atoms with Crippen LogP contribution in [0.4, 0.5) is 0 Å². The van der Waals surface area contributed by atoms with E-state index >= 15 is 0 Å². The van der Waals surface area contributed by atoms with Gasteiger partial charge in [0.15, 0.2) is 0 Å². The maximum absolute atomic E-state index is 8.92. The summed E-state index contributed by atoms with van der Waals surface area (Å²) in [5.74, 6) is 0. The summed E-state index contributed by atoms with van der Waals surface area (Å²) in [5, 5.41) is 9.73. The van der Waals surface area contributed by atoms with Gasteiger partial charge in [0.2, 0.25) is 0 Å². The van der Waals surface area contributed by atoms with Crippen LogP contribution in [-0.2, 0) is 6.42 Å². The molecule has 78 valence electrons. The van der Waals surface area contributed by atoms with E-state index in [9.17, 15) is 0 Å². The van der Waals surface area contributed by atoms with Gasteiger partial charge in [0.05, 0.1) is 0 Å². The number of hydrogen-bond donors (Lipinski definition) is 1. The number of benzene rings is 1. The van der Waals surface area contributed by atoms with Crippen LogP contribution in [-0.4, -0.2) is 11.7 Å². The maximum atomic E-state index is 8.92. The van der Waals surface area contributed by atoms with E-state index in [1.54, 1.807) is 0 Å². The molecule has 0 heterocycles. The van der Waals surface area contributed by atoms with Gasteiger partial charge in [-0.05, 0) is 29.9 Å². The number of aliphatic hydroxyl groups excluding tert-OH is 1. The first-order valence-electron chi connectivity index (χ1n) is 4.89. The molecule has 0 aliphatic heterocycles. The lowest BCUT2D eigenvalue weighted by atomic mass is 9.83. The van der Waals surface area contributed by atoms with Crippen molar-refractivity contribution >= 4 is 11.6 Å². The first-order valence-corrected chi connectivity index (χ1v) is 5.27. The van der Waals surface area contributed by atoms with Crippen LogP contribution < -0.4 is 0 Å². The lowest BCUT2D eigenvalue weighted by Gasteiger charge is -2.24. The standard InChI is InChI=1S/C12H17ClO/c1-12(2,7-8-14)9-10-5-3-4-6-11(10)13/h3-6,14H,7-9H2,1-2H3. The minimum absolute atomic E-state index is 0.111. The molecule has 1 N–H and O–H groups in total. The zero-order chi connectivity index (χ0) is 10.6. The second-order valence-corrected chi connectivity index (χ2v) is 4.81. The summed E-state index contributed by atoms with van der Waals surface area (Å²) in [5.41, 5.74) is 1.27. The summed E-state index contributed by atoms with van der Waals surface area (Å²) < 4.78 is 0. The molecule has 0 aliphatic carbocycles. The normalized spacial score (nSPS) is 11.7. The Labute approximate surface area is 90.7 Å². The highest BCUT2D eigenvalue weighted by atomic mass is 35.5. The Kier molecular flexibility index (Phi) is 3.97. The van der Waals surface area contributed by atoms with E-state index in [1.807, 2.05) is 24.3 Å². The molecule has 0 saturated carbocycles. The van der Waals surface area contributed by atoms with Gasteiger partial charge in [-0.25, -0.2) is 0 Å². The molecule has 0 amide bonds. The lowest BCUT2D eigenvalue weighted by Crippen LogP contribution is -2.16. The van der Waals surface area contributed by atoms with Crippen molar-refractivity contribution in [2.75, 3.05) is 6.61 Å². The molecule has 0 fully saturated rings. The fraction of sp³-hybridized carbons (Fsp3) is 0.500. The number of aliphatic hydroxyl groups is 1. The largest absolute Gasteiger partial charge is 0.396 e. The average molecular weight is 213 g/mol. The van der Waals surface area contributed by atoms with E-state index in [-0.39, 0.29) is 12.0 Å². The Balaban J connectivity index is 2.73. The van der Waals surface area contributed by atoms with Gasteiger partial charge >= 0.3 is 0 Å². The molecule has 0 unspecified atom stereocenters. The molecule has 2 heteroatoms. The van der Waals surface area contributed by atoms with Gasteiger partial charge < -0.3 is 5.11 Å². The molecule has 0 radical (unpaired) electrons. The first-order chi connectivity index (χ1) is 6.55. The zero-order valence-corrected chi connectivity index (χ0v) is 9.51. The van der Waals surface area contributed by atoms with Crippen molar-refractivity contribution in [3.05, 3.63) is 34.9 Å². The van der Waals surface area contributed by atoms with Crippen LogP contribution in [0.1, 0.15) is 25.8 Å². The molecule has 1 rings (SSSR count). The molecule has 0 saturated heterocycles. The summed E-state index contributed by atoms with van der Waals surface area (Å²) in [7, 11) is 0. The van der Waals surface area contributed by atoms with Crippen LogP contribution in [0.5, 0.6) is 0 Å². The molecule has 14 heavy (non-hydrogen) atoms. The van der Waals surface area contributed by atoms with E-state index < -0.39 is 0 Å². The quantitative estimate of drug-likeness (QED) is 0.812. The Hall–Kier alpha value is -0.530. The molecule has 1 aromatic carbocycles. The summed E-state index contributed by atoms with van der Waals surface area (Å²) in [4.78, 5) is 0. The third-order valence-electron chi connectivity index (χ3n) is 2.42. The van der Waals surface area contributed by atoms with E-state index in [2.05, 4.69) is 13.8 Å². The van der Waals surface area contributed by atoms with Crippen LogP contribution in [0.2, 0.25) is 5.02 Å². The molecule has 0 spiro atoms. The van der Waals surface area contributed by atoms with Gasteiger partial charge in [-0.3, -0.25) is 0 Å². The minimum Gasteiger partial charge on any atom is -0.396 e. The Bertz CT molecular complexity index is 294. The third-order valence-corrected chi connectivity index (χ3v) is 2.78. The highest BCUT2D eigenvalue weighted by Gasteiger charge is 2.18. The second kappa shape index (κ2) is 4.81. The van der Waals surface area contributed by atoms with Crippen molar-refractivity contribution < 1.29 is 5.11 Å². The van der Waals surface area contributed by atoms with Gasteiger partial charge in [0.1, 0.15) is 0 Å².